The highest BCUT2D eigenvalue weighted by atomic mass is 16.5. The quantitative estimate of drug-likeness (QED) is 0.851. The molecule has 2 heterocycles. The van der Waals surface area contributed by atoms with Crippen LogP contribution in [-0.2, 0) is 13.2 Å². The van der Waals surface area contributed by atoms with Gasteiger partial charge in [-0.2, -0.15) is 0 Å². The second-order valence-corrected chi connectivity index (χ2v) is 4.07. The number of rotatable bonds is 6. The van der Waals surface area contributed by atoms with Gasteiger partial charge >= 0.3 is 0 Å². The first-order chi connectivity index (χ1) is 8.79. The molecule has 0 saturated heterocycles. The highest BCUT2D eigenvalue weighted by molar-refractivity contribution is 5.21. The van der Waals surface area contributed by atoms with Crippen LogP contribution in [0.15, 0.2) is 35.1 Å². The van der Waals surface area contributed by atoms with Crippen LogP contribution in [-0.4, -0.2) is 11.5 Å². The lowest BCUT2D eigenvalue weighted by molar-refractivity contribution is 0.267. The molecule has 0 fully saturated rings. The van der Waals surface area contributed by atoms with E-state index in [4.69, 9.17) is 9.15 Å². The third kappa shape index (κ3) is 3.34. The molecular weight excluding hydrogens is 228 g/mol. The van der Waals surface area contributed by atoms with Gasteiger partial charge in [-0.25, -0.2) is 0 Å². The summed E-state index contributed by atoms with van der Waals surface area (Å²) < 4.78 is 11.1. The first kappa shape index (κ1) is 12.6. The Morgan fingerprint density at radius 2 is 2.22 bits per heavy atom. The van der Waals surface area contributed by atoms with Crippen molar-refractivity contribution in [3.63, 3.8) is 0 Å². The monoisotopic (exact) mass is 246 g/mol. The minimum Gasteiger partial charge on any atom is -0.484 e. The standard InChI is InChI=1S/C14H18N2O2/c1-3-15-8-12-6-7-17-14(12)10-18-13-5-4-11(2)16-9-13/h4-7,9,15H,3,8,10H2,1-2H3. The smallest absolute Gasteiger partial charge is 0.146 e. The van der Waals surface area contributed by atoms with Gasteiger partial charge in [0, 0.05) is 17.8 Å². The van der Waals surface area contributed by atoms with E-state index in [1.54, 1.807) is 12.5 Å². The number of pyridine rings is 1. The van der Waals surface area contributed by atoms with E-state index in [2.05, 4.69) is 17.2 Å². The molecule has 0 bridgehead atoms. The predicted molar refractivity (Wildman–Crippen MR) is 69.4 cm³/mol. The predicted octanol–water partition coefficient (Wildman–Crippen LogP) is 2.67. The van der Waals surface area contributed by atoms with Gasteiger partial charge in [0.15, 0.2) is 0 Å². The Bertz CT molecular complexity index is 477. The van der Waals surface area contributed by atoms with Crippen molar-refractivity contribution in [2.24, 2.45) is 0 Å². The van der Waals surface area contributed by atoms with Gasteiger partial charge in [0.2, 0.25) is 0 Å². The lowest BCUT2D eigenvalue weighted by atomic mass is 10.2. The summed E-state index contributed by atoms with van der Waals surface area (Å²) in [4.78, 5) is 4.18. The Kier molecular flexibility index (Phi) is 4.36. The van der Waals surface area contributed by atoms with Crippen molar-refractivity contribution < 1.29 is 9.15 Å². The zero-order chi connectivity index (χ0) is 12.8. The highest BCUT2D eigenvalue weighted by Crippen LogP contribution is 2.15. The molecular formula is C14H18N2O2. The van der Waals surface area contributed by atoms with Crippen LogP contribution in [0.2, 0.25) is 0 Å². The second-order valence-electron chi connectivity index (χ2n) is 4.07. The van der Waals surface area contributed by atoms with Crippen LogP contribution in [0.5, 0.6) is 5.75 Å². The largest absolute Gasteiger partial charge is 0.484 e. The van der Waals surface area contributed by atoms with E-state index >= 15 is 0 Å². The average Bonchev–Trinajstić information content (AvgIpc) is 2.83. The molecule has 0 atom stereocenters. The molecule has 0 unspecified atom stereocenters. The van der Waals surface area contributed by atoms with Crippen molar-refractivity contribution in [1.29, 1.82) is 0 Å². The van der Waals surface area contributed by atoms with Crippen LogP contribution in [0.4, 0.5) is 0 Å². The summed E-state index contributed by atoms with van der Waals surface area (Å²) in [6.07, 6.45) is 3.42. The Labute approximate surface area is 107 Å². The number of aryl methyl sites for hydroxylation is 1. The summed E-state index contributed by atoms with van der Waals surface area (Å²) in [5, 5.41) is 3.27. The Hall–Kier alpha value is -1.81. The first-order valence-corrected chi connectivity index (χ1v) is 6.11. The first-order valence-electron chi connectivity index (χ1n) is 6.11. The molecule has 0 radical (unpaired) electrons. The van der Waals surface area contributed by atoms with Crippen molar-refractivity contribution in [1.82, 2.24) is 10.3 Å². The van der Waals surface area contributed by atoms with Crippen molar-refractivity contribution in [3.05, 3.63) is 47.7 Å². The van der Waals surface area contributed by atoms with Crippen LogP contribution in [0.1, 0.15) is 23.9 Å². The molecule has 0 aliphatic carbocycles. The number of nitrogens with one attached hydrogen (secondary N) is 1. The zero-order valence-corrected chi connectivity index (χ0v) is 10.8. The number of aromatic nitrogens is 1. The summed E-state index contributed by atoms with van der Waals surface area (Å²) in [5.74, 6) is 1.61. The second kappa shape index (κ2) is 6.21. The van der Waals surface area contributed by atoms with Crippen molar-refractivity contribution in [2.45, 2.75) is 27.0 Å². The summed E-state index contributed by atoms with van der Waals surface area (Å²) in [6, 6.07) is 5.81. The van der Waals surface area contributed by atoms with Crippen molar-refractivity contribution in [3.8, 4) is 5.75 Å². The fraction of sp³-hybridized carbons (Fsp3) is 0.357. The zero-order valence-electron chi connectivity index (χ0n) is 10.8. The summed E-state index contributed by atoms with van der Waals surface area (Å²) in [5.41, 5.74) is 2.12. The van der Waals surface area contributed by atoms with Crippen LogP contribution >= 0.6 is 0 Å². The van der Waals surface area contributed by atoms with Crippen LogP contribution in [0, 0.1) is 6.92 Å². The SMILES string of the molecule is CCNCc1ccoc1COc1ccc(C)nc1. The van der Waals surface area contributed by atoms with E-state index in [0.717, 1.165) is 35.9 Å². The Balaban J connectivity index is 1.93. The van der Waals surface area contributed by atoms with E-state index in [1.165, 1.54) is 0 Å². The Morgan fingerprint density at radius 1 is 1.33 bits per heavy atom. The topological polar surface area (TPSA) is 47.3 Å². The number of ether oxygens (including phenoxy) is 1. The molecule has 0 spiro atoms. The lowest BCUT2D eigenvalue weighted by Crippen LogP contribution is -2.12. The minimum absolute atomic E-state index is 0.429. The summed E-state index contributed by atoms with van der Waals surface area (Å²) in [7, 11) is 0. The molecule has 18 heavy (non-hydrogen) atoms. The molecule has 2 aromatic heterocycles. The molecule has 2 aromatic rings. The van der Waals surface area contributed by atoms with E-state index < -0.39 is 0 Å². The maximum atomic E-state index is 5.64. The number of nitrogens with zero attached hydrogens (tertiary/aromatic N) is 1. The lowest BCUT2D eigenvalue weighted by Gasteiger charge is -2.06. The fourth-order valence-electron chi connectivity index (χ4n) is 1.60. The molecule has 0 amide bonds. The molecule has 2 rings (SSSR count). The van der Waals surface area contributed by atoms with Crippen molar-refractivity contribution >= 4 is 0 Å². The third-order valence-electron chi connectivity index (χ3n) is 2.66. The summed E-state index contributed by atoms with van der Waals surface area (Å²) >= 11 is 0. The molecule has 0 aromatic carbocycles. The average molecular weight is 246 g/mol. The normalized spacial score (nSPS) is 10.6. The van der Waals surface area contributed by atoms with Crippen LogP contribution < -0.4 is 10.1 Å². The van der Waals surface area contributed by atoms with Gasteiger partial charge in [-0.05, 0) is 31.7 Å². The van der Waals surface area contributed by atoms with E-state index in [9.17, 15) is 0 Å². The van der Waals surface area contributed by atoms with Crippen LogP contribution in [0.3, 0.4) is 0 Å². The van der Waals surface area contributed by atoms with Gasteiger partial charge in [0.1, 0.15) is 18.1 Å². The molecule has 96 valence electrons. The van der Waals surface area contributed by atoms with Crippen LogP contribution in [0.25, 0.3) is 0 Å². The van der Waals surface area contributed by atoms with Gasteiger partial charge in [-0.3, -0.25) is 4.98 Å². The minimum atomic E-state index is 0.429. The molecule has 4 heteroatoms. The third-order valence-corrected chi connectivity index (χ3v) is 2.66. The number of hydrogen-bond donors (Lipinski definition) is 1. The molecule has 0 aliphatic heterocycles. The number of hydrogen-bond acceptors (Lipinski definition) is 4. The van der Waals surface area contributed by atoms with E-state index in [-0.39, 0.29) is 0 Å². The van der Waals surface area contributed by atoms with Gasteiger partial charge in [0.25, 0.3) is 0 Å². The maximum Gasteiger partial charge on any atom is 0.146 e. The van der Waals surface area contributed by atoms with Gasteiger partial charge in [-0.15, -0.1) is 0 Å². The van der Waals surface area contributed by atoms with Gasteiger partial charge < -0.3 is 14.5 Å². The summed E-state index contributed by atoms with van der Waals surface area (Å²) in [6.45, 7) is 6.20. The molecule has 0 aliphatic rings. The van der Waals surface area contributed by atoms with E-state index in [0.29, 0.717) is 6.61 Å². The highest BCUT2D eigenvalue weighted by Gasteiger charge is 2.06. The van der Waals surface area contributed by atoms with Crippen molar-refractivity contribution in [2.75, 3.05) is 6.54 Å². The fourth-order valence-corrected chi connectivity index (χ4v) is 1.60. The Morgan fingerprint density at radius 3 is 2.94 bits per heavy atom. The van der Waals surface area contributed by atoms with Gasteiger partial charge in [-0.1, -0.05) is 6.92 Å². The maximum absolute atomic E-state index is 5.64. The molecule has 0 saturated carbocycles. The van der Waals surface area contributed by atoms with E-state index in [1.807, 2.05) is 25.1 Å². The molecule has 4 nitrogen and oxygen atoms in total. The number of furan rings is 1. The molecule has 1 N–H and O–H groups in total. The van der Waals surface area contributed by atoms with Gasteiger partial charge in [0.05, 0.1) is 12.5 Å².